The van der Waals surface area contributed by atoms with Crippen LogP contribution in [-0.4, -0.2) is 50.8 Å². The number of hydrogen-bond donors (Lipinski definition) is 1. The standard InChI is InChI=1S/C14H21FN2O3/c1-10(9-20-3)17(6-7-19-2)14(18)12-5-4-11(16)8-13(12)15/h4-5,8,10H,6-7,9,16H2,1-3H3. The van der Waals surface area contributed by atoms with E-state index in [0.29, 0.717) is 19.8 Å². The third kappa shape index (κ3) is 4.18. The summed E-state index contributed by atoms with van der Waals surface area (Å²) in [4.78, 5) is 14.0. The van der Waals surface area contributed by atoms with Crippen LogP contribution in [0.25, 0.3) is 0 Å². The van der Waals surface area contributed by atoms with Gasteiger partial charge < -0.3 is 20.1 Å². The lowest BCUT2D eigenvalue weighted by Gasteiger charge is -2.28. The van der Waals surface area contributed by atoms with Crippen LogP contribution in [0.3, 0.4) is 0 Å². The SMILES string of the molecule is COCCN(C(=O)c1ccc(N)cc1F)C(C)COC. The number of halogens is 1. The minimum Gasteiger partial charge on any atom is -0.399 e. The number of nitrogens with two attached hydrogens (primary N) is 1. The molecule has 20 heavy (non-hydrogen) atoms. The van der Waals surface area contributed by atoms with Crippen molar-refractivity contribution in [2.24, 2.45) is 0 Å². The largest absolute Gasteiger partial charge is 0.399 e. The van der Waals surface area contributed by atoms with Crippen molar-refractivity contribution in [1.82, 2.24) is 4.90 Å². The van der Waals surface area contributed by atoms with Crippen LogP contribution in [0.1, 0.15) is 17.3 Å². The van der Waals surface area contributed by atoms with Gasteiger partial charge >= 0.3 is 0 Å². The van der Waals surface area contributed by atoms with Gasteiger partial charge in [-0.2, -0.15) is 0 Å². The summed E-state index contributed by atoms with van der Waals surface area (Å²) >= 11 is 0. The van der Waals surface area contributed by atoms with Gasteiger partial charge in [0.05, 0.1) is 24.8 Å². The van der Waals surface area contributed by atoms with Gasteiger partial charge in [-0.15, -0.1) is 0 Å². The van der Waals surface area contributed by atoms with Gasteiger partial charge in [0.1, 0.15) is 5.82 Å². The Morgan fingerprint density at radius 2 is 2.10 bits per heavy atom. The monoisotopic (exact) mass is 284 g/mol. The normalized spacial score (nSPS) is 12.2. The zero-order valence-corrected chi connectivity index (χ0v) is 12.1. The van der Waals surface area contributed by atoms with Crippen molar-refractivity contribution in [2.45, 2.75) is 13.0 Å². The molecule has 0 heterocycles. The first-order valence-electron chi connectivity index (χ1n) is 6.35. The van der Waals surface area contributed by atoms with Gasteiger partial charge in [0.15, 0.2) is 0 Å². The molecule has 0 fully saturated rings. The third-order valence-electron chi connectivity index (χ3n) is 2.96. The maximum Gasteiger partial charge on any atom is 0.257 e. The van der Waals surface area contributed by atoms with Gasteiger partial charge in [-0.3, -0.25) is 4.79 Å². The zero-order valence-electron chi connectivity index (χ0n) is 12.1. The summed E-state index contributed by atoms with van der Waals surface area (Å²) in [7, 11) is 3.10. The van der Waals surface area contributed by atoms with Gasteiger partial charge in [-0.05, 0) is 25.1 Å². The van der Waals surface area contributed by atoms with Crippen molar-refractivity contribution in [1.29, 1.82) is 0 Å². The number of rotatable bonds is 7. The average Bonchev–Trinajstić information content (AvgIpc) is 2.39. The first kappa shape index (κ1) is 16.4. The highest BCUT2D eigenvalue weighted by atomic mass is 19.1. The Kier molecular flexibility index (Phi) is 6.41. The van der Waals surface area contributed by atoms with E-state index in [2.05, 4.69) is 0 Å². The van der Waals surface area contributed by atoms with Gasteiger partial charge in [-0.1, -0.05) is 0 Å². The van der Waals surface area contributed by atoms with Gasteiger partial charge in [0.25, 0.3) is 5.91 Å². The number of methoxy groups -OCH3 is 2. The number of carbonyl (C=O) groups excluding carboxylic acids is 1. The van der Waals surface area contributed by atoms with Crippen molar-refractivity contribution in [3.63, 3.8) is 0 Å². The first-order chi connectivity index (χ1) is 9.51. The van der Waals surface area contributed by atoms with E-state index in [1.807, 2.05) is 6.92 Å². The molecule has 0 aromatic heterocycles. The first-order valence-corrected chi connectivity index (χ1v) is 6.35. The second kappa shape index (κ2) is 7.81. The summed E-state index contributed by atoms with van der Waals surface area (Å²) in [6, 6.07) is 3.86. The molecule has 1 amide bonds. The molecule has 5 nitrogen and oxygen atoms in total. The second-order valence-electron chi connectivity index (χ2n) is 4.53. The second-order valence-corrected chi connectivity index (χ2v) is 4.53. The van der Waals surface area contributed by atoms with Crippen LogP contribution in [-0.2, 0) is 9.47 Å². The highest BCUT2D eigenvalue weighted by Crippen LogP contribution is 2.15. The highest BCUT2D eigenvalue weighted by Gasteiger charge is 2.23. The molecule has 1 unspecified atom stereocenters. The Bertz CT molecular complexity index is 454. The zero-order chi connectivity index (χ0) is 15.1. The molecule has 1 atom stereocenters. The van der Waals surface area contributed by atoms with Crippen LogP contribution in [0.2, 0.25) is 0 Å². The minimum absolute atomic E-state index is 0.00161. The van der Waals surface area contributed by atoms with Crippen molar-refractivity contribution in [3.05, 3.63) is 29.6 Å². The van der Waals surface area contributed by atoms with Crippen LogP contribution in [0.4, 0.5) is 10.1 Å². The molecule has 0 saturated heterocycles. The van der Waals surface area contributed by atoms with Crippen molar-refractivity contribution >= 4 is 11.6 Å². The molecule has 0 radical (unpaired) electrons. The van der Waals surface area contributed by atoms with E-state index < -0.39 is 11.7 Å². The molecule has 0 aliphatic heterocycles. The number of anilines is 1. The molecule has 1 rings (SSSR count). The van der Waals surface area contributed by atoms with Gasteiger partial charge in [0.2, 0.25) is 0 Å². The maximum absolute atomic E-state index is 13.8. The lowest BCUT2D eigenvalue weighted by molar-refractivity contribution is 0.0475. The van der Waals surface area contributed by atoms with E-state index >= 15 is 0 Å². The summed E-state index contributed by atoms with van der Waals surface area (Å²) in [6.45, 7) is 2.94. The summed E-state index contributed by atoms with van der Waals surface area (Å²) < 4.78 is 23.9. The molecule has 6 heteroatoms. The average molecular weight is 284 g/mol. The fourth-order valence-electron chi connectivity index (χ4n) is 1.90. The topological polar surface area (TPSA) is 64.8 Å². The van der Waals surface area contributed by atoms with Crippen LogP contribution < -0.4 is 5.73 Å². The Morgan fingerprint density at radius 1 is 1.40 bits per heavy atom. The Labute approximate surface area is 118 Å². The predicted molar refractivity (Wildman–Crippen MR) is 75.1 cm³/mol. The lowest BCUT2D eigenvalue weighted by Crippen LogP contribution is -2.43. The van der Waals surface area contributed by atoms with Gasteiger partial charge in [-0.25, -0.2) is 4.39 Å². The van der Waals surface area contributed by atoms with Crippen LogP contribution in [0.5, 0.6) is 0 Å². The van der Waals surface area contributed by atoms with Crippen molar-refractivity contribution < 1.29 is 18.7 Å². The van der Waals surface area contributed by atoms with Gasteiger partial charge in [0, 0.05) is 26.5 Å². The van der Waals surface area contributed by atoms with Crippen molar-refractivity contribution in [3.8, 4) is 0 Å². The number of nitrogen functional groups attached to an aromatic ring is 1. The number of benzene rings is 1. The molecule has 1 aromatic carbocycles. The molecule has 0 aliphatic rings. The van der Waals surface area contributed by atoms with Crippen LogP contribution in [0.15, 0.2) is 18.2 Å². The number of amides is 1. The molecular formula is C14H21FN2O3. The molecule has 0 spiro atoms. The fourth-order valence-corrected chi connectivity index (χ4v) is 1.90. The van der Waals surface area contributed by atoms with Crippen LogP contribution in [0, 0.1) is 5.82 Å². The van der Waals surface area contributed by atoms with Crippen molar-refractivity contribution in [2.75, 3.05) is 39.7 Å². The highest BCUT2D eigenvalue weighted by molar-refractivity contribution is 5.95. The Morgan fingerprint density at radius 3 is 2.65 bits per heavy atom. The number of ether oxygens (including phenoxy) is 2. The summed E-state index contributed by atoms with van der Waals surface area (Å²) in [5.74, 6) is -1.02. The van der Waals surface area contributed by atoms with E-state index in [9.17, 15) is 9.18 Å². The Balaban J connectivity index is 2.96. The lowest BCUT2D eigenvalue weighted by atomic mass is 10.1. The molecule has 0 aliphatic carbocycles. The fraction of sp³-hybridized carbons (Fsp3) is 0.500. The van der Waals surface area contributed by atoms with E-state index in [0.717, 1.165) is 6.07 Å². The molecular weight excluding hydrogens is 263 g/mol. The molecule has 2 N–H and O–H groups in total. The summed E-state index contributed by atoms with van der Waals surface area (Å²) in [6.07, 6.45) is 0. The number of nitrogens with zero attached hydrogens (tertiary/aromatic N) is 1. The summed E-state index contributed by atoms with van der Waals surface area (Å²) in [5, 5.41) is 0. The van der Waals surface area contributed by atoms with E-state index in [4.69, 9.17) is 15.2 Å². The van der Waals surface area contributed by atoms with Crippen LogP contribution >= 0.6 is 0 Å². The summed E-state index contributed by atoms with van der Waals surface area (Å²) in [5.41, 5.74) is 5.77. The smallest absolute Gasteiger partial charge is 0.257 e. The number of hydrogen-bond acceptors (Lipinski definition) is 4. The molecule has 0 bridgehead atoms. The quantitative estimate of drug-likeness (QED) is 0.771. The maximum atomic E-state index is 13.8. The molecule has 112 valence electrons. The molecule has 1 aromatic rings. The van der Waals surface area contributed by atoms with E-state index in [1.165, 1.54) is 17.0 Å². The number of carbonyl (C=O) groups is 1. The van der Waals surface area contributed by atoms with E-state index in [1.54, 1.807) is 14.2 Å². The predicted octanol–water partition coefficient (Wildman–Crippen LogP) is 1.53. The molecule has 0 saturated carbocycles. The Hall–Kier alpha value is -1.66. The minimum atomic E-state index is -0.623. The third-order valence-corrected chi connectivity index (χ3v) is 2.96. The van der Waals surface area contributed by atoms with E-state index in [-0.39, 0.29) is 17.3 Å².